The average molecular weight is 184 g/mol. The normalized spacial score (nSPS) is 45.7. The molecule has 2 aliphatic carbocycles. The summed E-state index contributed by atoms with van der Waals surface area (Å²) in [7, 11) is 1.81. The van der Waals surface area contributed by atoms with Gasteiger partial charge in [-0.1, -0.05) is 6.42 Å². The van der Waals surface area contributed by atoms with E-state index >= 15 is 0 Å². The molecule has 2 fully saturated rings. The van der Waals surface area contributed by atoms with Crippen molar-refractivity contribution >= 4 is 0 Å². The van der Waals surface area contributed by atoms with E-state index in [2.05, 4.69) is 0 Å². The van der Waals surface area contributed by atoms with Crippen molar-refractivity contribution in [2.75, 3.05) is 7.11 Å². The topological polar surface area (TPSA) is 29.5 Å². The highest BCUT2D eigenvalue weighted by Crippen LogP contribution is 2.41. The number of fused-ring (bicyclic) bond motifs is 1. The Bertz CT molecular complexity index is 163. The summed E-state index contributed by atoms with van der Waals surface area (Å²) in [5, 5.41) is 9.61. The zero-order chi connectivity index (χ0) is 9.26. The molecule has 2 aliphatic rings. The maximum atomic E-state index is 9.61. The van der Waals surface area contributed by atoms with Crippen LogP contribution in [-0.4, -0.2) is 24.4 Å². The van der Waals surface area contributed by atoms with Gasteiger partial charge in [0.05, 0.1) is 12.2 Å². The fraction of sp³-hybridized carbons (Fsp3) is 1.00. The third kappa shape index (κ3) is 1.89. The molecule has 0 aromatic carbocycles. The number of aliphatic hydroxyl groups excluding tert-OH is 1. The first-order chi connectivity index (χ1) is 6.31. The molecule has 0 aromatic heterocycles. The van der Waals surface area contributed by atoms with Crippen LogP contribution >= 0.6 is 0 Å². The molecule has 0 heterocycles. The van der Waals surface area contributed by atoms with Gasteiger partial charge >= 0.3 is 0 Å². The fourth-order valence-electron chi connectivity index (χ4n) is 3.15. The average Bonchev–Trinajstić information content (AvgIpc) is 2.17. The predicted molar refractivity (Wildman–Crippen MR) is 51.5 cm³/mol. The van der Waals surface area contributed by atoms with Crippen LogP contribution in [-0.2, 0) is 4.74 Å². The van der Waals surface area contributed by atoms with Gasteiger partial charge in [-0.3, -0.25) is 0 Å². The van der Waals surface area contributed by atoms with Crippen LogP contribution in [0.25, 0.3) is 0 Å². The van der Waals surface area contributed by atoms with E-state index in [0.29, 0.717) is 12.0 Å². The Balaban J connectivity index is 2.01. The largest absolute Gasteiger partial charge is 0.393 e. The number of methoxy groups -OCH3 is 1. The maximum absolute atomic E-state index is 9.61. The summed E-state index contributed by atoms with van der Waals surface area (Å²) in [6, 6.07) is 0. The van der Waals surface area contributed by atoms with Gasteiger partial charge in [0.1, 0.15) is 0 Å². The van der Waals surface area contributed by atoms with Crippen molar-refractivity contribution in [3.05, 3.63) is 0 Å². The standard InChI is InChI=1S/C11H20O2/c1-13-11-4-2-3-8-5-6-9(12)7-10(8)11/h8-12H,2-7H2,1H3. The van der Waals surface area contributed by atoms with Gasteiger partial charge in [-0.15, -0.1) is 0 Å². The second-order valence-electron chi connectivity index (χ2n) is 4.60. The van der Waals surface area contributed by atoms with Crippen molar-refractivity contribution in [3.8, 4) is 0 Å². The molecule has 2 saturated carbocycles. The summed E-state index contributed by atoms with van der Waals surface area (Å²) in [6.07, 6.45) is 7.44. The molecule has 1 N–H and O–H groups in total. The van der Waals surface area contributed by atoms with Gasteiger partial charge in [-0.25, -0.2) is 0 Å². The van der Waals surface area contributed by atoms with E-state index in [1.165, 1.54) is 25.7 Å². The number of aliphatic hydroxyl groups is 1. The third-order valence-corrected chi connectivity index (χ3v) is 3.86. The number of hydrogen-bond donors (Lipinski definition) is 1. The van der Waals surface area contributed by atoms with Crippen LogP contribution in [0.15, 0.2) is 0 Å². The molecule has 2 nitrogen and oxygen atoms in total. The monoisotopic (exact) mass is 184 g/mol. The van der Waals surface area contributed by atoms with E-state index in [0.717, 1.165) is 18.8 Å². The van der Waals surface area contributed by atoms with Crippen LogP contribution in [0, 0.1) is 11.8 Å². The van der Waals surface area contributed by atoms with E-state index in [1.807, 2.05) is 7.11 Å². The second-order valence-corrected chi connectivity index (χ2v) is 4.60. The van der Waals surface area contributed by atoms with Gasteiger partial charge < -0.3 is 9.84 Å². The van der Waals surface area contributed by atoms with Crippen molar-refractivity contribution in [1.82, 2.24) is 0 Å². The second kappa shape index (κ2) is 3.97. The molecule has 4 unspecified atom stereocenters. The Morgan fingerprint density at radius 2 is 2.00 bits per heavy atom. The third-order valence-electron chi connectivity index (χ3n) is 3.86. The molecule has 0 aromatic rings. The fourth-order valence-corrected chi connectivity index (χ4v) is 3.15. The van der Waals surface area contributed by atoms with Crippen molar-refractivity contribution in [2.45, 2.75) is 50.7 Å². The molecule has 0 saturated heterocycles. The van der Waals surface area contributed by atoms with E-state index in [9.17, 15) is 5.11 Å². The molecule has 2 rings (SSSR count). The van der Waals surface area contributed by atoms with Gasteiger partial charge in [0, 0.05) is 7.11 Å². The van der Waals surface area contributed by atoms with E-state index in [4.69, 9.17) is 4.74 Å². The van der Waals surface area contributed by atoms with E-state index in [-0.39, 0.29) is 6.10 Å². The minimum Gasteiger partial charge on any atom is -0.393 e. The van der Waals surface area contributed by atoms with Crippen molar-refractivity contribution in [2.24, 2.45) is 11.8 Å². The van der Waals surface area contributed by atoms with Crippen molar-refractivity contribution < 1.29 is 9.84 Å². The van der Waals surface area contributed by atoms with Crippen LogP contribution in [0.1, 0.15) is 38.5 Å². The number of rotatable bonds is 1. The molecule has 13 heavy (non-hydrogen) atoms. The van der Waals surface area contributed by atoms with Crippen LogP contribution < -0.4 is 0 Å². The molecular formula is C11H20O2. The highest BCUT2D eigenvalue weighted by Gasteiger charge is 2.37. The highest BCUT2D eigenvalue weighted by atomic mass is 16.5. The zero-order valence-electron chi connectivity index (χ0n) is 8.41. The van der Waals surface area contributed by atoms with Crippen LogP contribution in [0.4, 0.5) is 0 Å². The SMILES string of the molecule is COC1CCCC2CCC(O)CC21. The zero-order valence-corrected chi connectivity index (χ0v) is 8.41. The summed E-state index contributed by atoms with van der Waals surface area (Å²) in [5.41, 5.74) is 0. The van der Waals surface area contributed by atoms with Crippen LogP contribution in [0.5, 0.6) is 0 Å². The van der Waals surface area contributed by atoms with Crippen molar-refractivity contribution in [1.29, 1.82) is 0 Å². The van der Waals surface area contributed by atoms with Gasteiger partial charge in [0.15, 0.2) is 0 Å². The van der Waals surface area contributed by atoms with E-state index < -0.39 is 0 Å². The summed E-state index contributed by atoms with van der Waals surface area (Å²) in [5.74, 6) is 1.48. The van der Waals surface area contributed by atoms with Crippen LogP contribution in [0.3, 0.4) is 0 Å². The minimum absolute atomic E-state index is 0.0583. The number of hydrogen-bond acceptors (Lipinski definition) is 2. The predicted octanol–water partition coefficient (Wildman–Crippen LogP) is 1.96. The molecule has 76 valence electrons. The van der Waals surface area contributed by atoms with Gasteiger partial charge in [-0.2, -0.15) is 0 Å². The van der Waals surface area contributed by atoms with E-state index in [1.54, 1.807) is 0 Å². The Morgan fingerprint density at radius 1 is 1.15 bits per heavy atom. The Kier molecular flexibility index (Phi) is 2.89. The summed E-state index contributed by atoms with van der Waals surface area (Å²) in [6.45, 7) is 0. The summed E-state index contributed by atoms with van der Waals surface area (Å²) in [4.78, 5) is 0. The Morgan fingerprint density at radius 3 is 2.77 bits per heavy atom. The molecule has 0 spiro atoms. The first-order valence-corrected chi connectivity index (χ1v) is 5.52. The molecule has 0 bridgehead atoms. The Labute approximate surface area is 80.3 Å². The van der Waals surface area contributed by atoms with Crippen molar-refractivity contribution in [3.63, 3.8) is 0 Å². The summed E-state index contributed by atoms with van der Waals surface area (Å²) < 4.78 is 5.50. The molecule has 2 heteroatoms. The minimum atomic E-state index is -0.0583. The van der Waals surface area contributed by atoms with Gasteiger partial charge in [0.2, 0.25) is 0 Å². The molecule has 0 aliphatic heterocycles. The van der Waals surface area contributed by atoms with Gasteiger partial charge in [-0.05, 0) is 43.9 Å². The lowest BCUT2D eigenvalue weighted by atomic mass is 9.68. The first kappa shape index (κ1) is 9.47. The quantitative estimate of drug-likeness (QED) is 0.675. The Hall–Kier alpha value is -0.0800. The molecular weight excluding hydrogens is 164 g/mol. The smallest absolute Gasteiger partial charge is 0.0603 e. The summed E-state index contributed by atoms with van der Waals surface area (Å²) >= 11 is 0. The van der Waals surface area contributed by atoms with Gasteiger partial charge in [0.25, 0.3) is 0 Å². The lowest BCUT2D eigenvalue weighted by molar-refractivity contribution is -0.0508. The first-order valence-electron chi connectivity index (χ1n) is 5.52. The lowest BCUT2D eigenvalue weighted by Crippen LogP contribution is -2.39. The maximum Gasteiger partial charge on any atom is 0.0603 e. The highest BCUT2D eigenvalue weighted by molar-refractivity contribution is 4.88. The molecule has 4 atom stereocenters. The molecule has 0 radical (unpaired) electrons. The number of ether oxygens (including phenoxy) is 1. The lowest BCUT2D eigenvalue weighted by Gasteiger charge is -2.42. The molecule has 0 amide bonds. The van der Waals surface area contributed by atoms with Crippen LogP contribution in [0.2, 0.25) is 0 Å².